The number of rotatable bonds is 0. The zero-order valence-electron chi connectivity index (χ0n) is 6.41. The van der Waals surface area contributed by atoms with Gasteiger partial charge in [-0.15, -0.1) is 0 Å². The van der Waals surface area contributed by atoms with Gasteiger partial charge in [0.05, 0.1) is 0 Å². The summed E-state index contributed by atoms with van der Waals surface area (Å²) in [5.41, 5.74) is 0. The van der Waals surface area contributed by atoms with E-state index in [0.29, 0.717) is 12.2 Å². The van der Waals surface area contributed by atoms with Gasteiger partial charge in [-0.3, -0.25) is 0 Å². The normalized spacial score (nSPS) is 38.4. The molecule has 0 saturated carbocycles. The number of fused-ring (bicyclic) bond motifs is 1. The monoisotopic (exact) mass is 324 g/mol. The molecule has 2 nitrogen and oxygen atoms in total. The first-order valence-electron chi connectivity index (χ1n) is 4.17. The molecule has 0 aromatic carbocycles. The summed E-state index contributed by atoms with van der Waals surface area (Å²) >= 11 is 1.49. The second-order valence-corrected chi connectivity index (χ2v) is 4.75. The Morgan fingerprint density at radius 1 is 1.27 bits per heavy atom. The predicted octanol–water partition coefficient (Wildman–Crippen LogP) is 1.02. The molecular formula is C8H12O2W. The Bertz CT molecular complexity index is 169. The first-order chi connectivity index (χ1) is 5.36. The molecule has 2 heterocycles. The van der Waals surface area contributed by atoms with E-state index in [2.05, 4.69) is 0 Å². The molecule has 11 heavy (non-hydrogen) atoms. The number of hydrogen-bond donors (Lipinski definition) is 0. The van der Waals surface area contributed by atoms with Gasteiger partial charge in [-0.2, -0.15) is 0 Å². The second kappa shape index (κ2) is 3.47. The molecule has 0 unspecified atom stereocenters. The van der Waals surface area contributed by atoms with Crippen molar-refractivity contribution in [3.63, 3.8) is 0 Å². The fourth-order valence-corrected chi connectivity index (χ4v) is 2.57. The van der Waals surface area contributed by atoms with E-state index in [1.54, 1.807) is 0 Å². The van der Waals surface area contributed by atoms with Crippen LogP contribution in [-0.2, 0) is 28.8 Å². The Balaban J connectivity index is 1.98. The molecule has 62 valence electrons. The molecule has 0 N–H and O–H groups in total. The van der Waals surface area contributed by atoms with Crippen molar-refractivity contribution in [2.24, 2.45) is 0 Å². The average molecular weight is 324 g/mol. The van der Waals surface area contributed by atoms with Crippen LogP contribution in [0.4, 0.5) is 0 Å². The van der Waals surface area contributed by atoms with Crippen LogP contribution in [0.2, 0.25) is 0 Å². The molecule has 0 aliphatic carbocycles. The van der Waals surface area contributed by atoms with Gasteiger partial charge < -0.3 is 0 Å². The summed E-state index contributed by atoms with van der Waals surface area (Å²) < 4.78 is 12.6. The summed E-state index contributed by atoms with van der Waals surface area (Å²) in [6, 6.07) is 0. The molecule has 0 spiro atoms. The molecule has 2 saturated heterocycles. The van der Waals surface area contributed by atoms with E-state index in [-0.39, 0.29) is 0 Å². The van der Waals surface area contributed by atoms with Gasteiger partial charge in [0.1, 0.15) is 0 Å². The second-order valence-electron chi connectivity index (χ2n) is 3.12. The van der Waals surface area contributed by atoms with Crippen molar-refractivity contribution in [1.82, 2.24) is 0 Å². The Kier molecular flexibility index (Phi) is 2.55. The molecule has 3 heteroatoms. The maximum absolute atomic E-state index is 5.72. The van der Waals surface area contributed by atoms with E-state index in [1.807, 2.05) is 0 Å². The third kappa shape index (κ3) is 1.80. The molecule has 2 aliphatic rings. The Morgan fingerprint density at radius 2 is 2.18 bits per heavy atom. The van der Waals surface area contributed by atoms with Crippen LogP contribution in [-0.4, -0.2) is 22.9 Å². The SMILES string of the molecule is [W]=[C]1CC[C@@H]2OCCC[C@H]2O1. The minimum atomic E-state index is 0.394. The van der Waals surface area contributed by atoms with E-state index in [1.165, 1.54) is 42.7 Å². The van der Waals surface area contributed by atoms with Gasteiger partial charge in [0.25, 0.3) is 0 Å². The van der Waals surface area contributed by atoms with Gasteiger partial charge in [-0.05, 0) is 0 Å². The van der Waals surface area contributed by atoms with Crippen LogP contribution in [0, 0.1) is 0 Å². The van der Waals surface area contributed by atoms with E-state index >= 15 is 0 Å². The van der Waals surface area contributed by atoms with Crippen LogP contribution in [0.1, 0.15) is 25.7 Å². The molecule has 2 rings (SSSR count). The Morgan fingerprint density at radius 3 is 3.09 bits per heavy atom. The van der Waals surface area contributed by atoms with Gasteiger partial charge in [-0.25, -0.2) is 0 Å². The van der Waals surface area contributed by atoms with Crippen molar-refractivity contribution < 1.29 is 28.8 Å². The van der Waals surface area contributed by atoms with E-state index in [9.17, 15) is 0 Å². The van der Waals surface area contributed by atoms with Gasteiger partial charge in [-0.1, -0.05) is 0 Å². The van der Waals surface area contributed by atoms with Crippen molar-refractivity contribution in [3.8, 4) is 0 Å². The fraction of sp³-hybridized carbons (Fsp3) is 0.875. The minimum absolute atomic E-state index is 0.394. The van der Waals surface area contributed by atoms with Gasteiger partial charge in [0, 0.05) is 0 Å². The molecule has 0 bridgehead atoms. The molecular weight excluding hydrogens is 312 g/mol. The van der Waals surface area contributed by atoms with E-state index < -0.39 is 0 Å². The van der Waals surface area contributed by atoms with Crippen LogP contribution in [0.3, 0.4) is 0 Å². The van der Waals surface area contributed by atoms with Crippen molar-refractivity contribution in [2.75, 3.05) is 6.61 Å². The van der Waals surface area contributed by atoms with Crippen LogP contribution >= 0.6 is 0 Å². The predicted molar refractivity (Wildman–Crippen MR) is 38.1 cm³/mol. The molecule has 0 radical (unpaired) electrons. The molecule has 0 amide bonds. The molecule has 2 atom stereocenters. The van der Waals surface area contributed by atoms with Gasteiger partial charge >= 0.3 is 77.4 Å². The summed E-state index contributed by atoms with van der Waals surface area (Å²) in [6.07, 6.45) is 5.47. The summed E-state index contributed by atoms with van der Waals surface area (Å²) in [4.78, 5) is 0. The quantitative estimate of drug-likeness (QED) is 0.663. The van der Waals surface area contributed by atoms with Crippen LogP contribution < -0.4 is 0 Å². The standard InChI is InChI=1S/C8H12O2.W/c1-3-7-8(9-5-1)4-2-6-10-7;/h7-8H,1-5H2;/t7-,8+;/m1./s1. The first kappa shape index (κ1) is 8.09. The van der Waals surface area contributed by atoms with Crippen LogP contribution in [0.15, 0.2) is 0 Å². The summed E-state index contributed by atoms with van der Waals surface area (Å²) in [5, 5.41) is 0. The third-order valence-corrected chi connectivity index (χ3v) is 3.37. The van der Waals surface area contributed by atoms with Crippen LogP contribution in [0.25, 0.3) is 0 Å². The van der Waals surface area contributed by atoms with Crippen molar-refractivity contribution in [3.05, 3.63) is 0 Å². The topological polar surface area (TPSA) is 18.5 Å². The maximum atomic E-state index is 5.72. The summed E-state index contributed by atoms with van der Waals surface area (Å²) in [7, 11) is 0. The fourth-order valence-electron chi connectivity index (χ4n) is 1.70. The Labute approximate surface area is 77.7 Å². The van der Waals surface area contributed by atoms with Crippen molar-refractivity contribution in [1.29, 1.82) is 0 Å². The zero-order chi connectivity index (χ0) is 7.68. The molecule has 2 aliphatic heterocycles. The Hall–Kier alpha value is 0.478. The number of hydrogen-bond acceptors (Lipinski definition) is 2. The van der Waals surface area contributed by atoms with Crippen molar-refractivity contribution >= 4 is 4.08 Å². The van der Waals surface area contributed by atoms with E-state index in [4.69, 9.17) is 9.47 Å². The molecule has 2 fully saturated rings. The zero-order valence-corrected chi connectivity index (χ0v) is 9.35. The summed E-state index contributed by atoms with van der Waals surface area (Å²) in [6.45, 7) is 0.941. The van der Waals surface area contributed by atoms with Gasteiger partial charge in [0.15, 0.2) is 0 Å². The van der Waals surface area contributed by atoms with Gasteiger partial charge in [0.2, 0.25) is 0 Å². The molecule has 0 aromatic heterocycles. The van der Waals surface area contributed by atoms with E-state index in [0.717, 1.165) is 13.0 Å². The number of ether oxygens (including phenoxy) is 2. The average Bonchev–Trinajstić information content (AvgIpc) is 2.04. The van der Waals surface area contributed by atoms with Crippen molar-refractivity contribution in [2.45, 2.75) is 37.9 Å². The molecule has 0 aromatic rings. The summed E-state index contributed by atoms with van der Waals surface area (Å²) in [5.74, 6) is 0. The van der Waals surface area contributed by atoms with Crippen LogP contribution in [0.5, 0.6) is 0 Å². The third-order valence-electron chi connectivity index (χ3n) is 2.30. The first-order valence-corrected chi connectivity index (χ1v) is 5.64.